The molecule has 0 amide bonds. The zero-order chi connectivity index (χ0) is 21.8. The number of para-hydroxylation sites is 2. The maximum Gasteiger partial charge on any atom is 0.419 e. The second kappa shape index (κ2) is 7.15. The van der Waals surface area contributed by atoms with Crippen molar-refractivity contribution in [3.05, 3.63) is 65.4 Å². The van der Waals surface area contributed by atoms with Crippen molar-refractivity contribution in [1.82, 2.24) is 4.57 Å². The number of ether oxygens (including phenoxy) is 2. The van der Waals surface area contributed by atoms with E-state index in [-0.39, 0.29) is 17.9 Å². The summed E-state index contributed by atoms with van der Waals surface area (Å²) < 4.78 is 13.5. The summed E-state index contributed by atoms with van der Waals surface area (Å²) in [6.45, 7) is 8.63. The zero-order valence-corrected chi connectivity index (χ0v) is 18.2. The Kier molecular flexibility index (Phi) is 4.54. The maximum absolute atomic E-state index is 13.2. The molecule has 0 unspecified atom stereocenters. The monoisotopic (exact) mass is 418 g/mol. The highest BCUT2D eigenvalue weighted by Gasteiger charge is 2.40. The molecule has 2 atom stereocenters. The van der Waals surface area contributed by atoms with E-state index in [0.29, 0.717) is 13.2 Å². The van der Waals surface area contributed by atoms with E-state index in [2.05, 4.69) is 17.3 Å². The quantitative estimate of drug-likeness (QED) is 0.541. The Morgan fingerprint density at radius 2 is 1.84 bits per heavy atom. The molecule has 0 N–H and O–H groups in total. The molecular formula is C25H26N2O4. The second-order valence-corrected chi connectivity index (χ2v) is 9.12. The number of nitrogens with zero attached hydrogens (tertiary/aromatic N) is 2. The molecule has 0 aliphatic carbocycles. The standard InChI is InChI=1S/C25H26N2O4/c1-15-21(17-9-5-7-11-19(17)27(15)24(28)31-25(2,3)4)22-18-10-6-8-12-20(18)29-13-16-14-30-26-23(16)22/h5-12,16,22H,13-14H2,1-4H3/t16-,22-/m1/s1. The Bertz CT molecular complexity index is 1200. The van der Waals surface area contributed by atoms with Crippen LogP contribution in [0.1, 0.15) is 43.5 Å². The van der Waals surface area contributed by atoms with Crippen LogP contribution in [0.3, 0.4) is 0 Å². The Morgan fingerprint density at radius 1 is 1.10 bits per heavy atom. The average molecular weight is 418 g/mol. The lowest BCUT2D eigenvalue weighted by atomic mass is 9.81. The molecule has 0 radical (unpaired) electrons. The first-order valence-corrected chi connectivity index (χ1v) is 10.6. The molecule has 2 aliphatic rings. The normalized spacial score (nSPS) is 20.2. The predicted octanol–water partition coefficient (Wildman–Crippen LogP) is 5.26. The Morgan fingerprint density at radius 3 is 2.65 bits per heavy atom. The van der Waals surface area contributed by atoms with Gasteiger partial charge in [0.25, 0.3) is 0 Å². The summed E-state index contributed by atoms with van der Waals surface area (Å²) in [6.07, 6.45) is -0.383. The zero-order valence-electron chi connectivity index (χ0n) is 18.2. The highest BCUT2D eigenvalue weighted by molar-refractivity contribution is 6.03. The summed E-state index contributed by atoms with van der Waals surface area (Å²) in [7, 11) is 0. The summed E-state index contributed by atoms with van der Waals surface area (Å²) in [5.41, 5.74) is 4.08. The summed E-state index contributed by atoms with van der Waals surface area (Å²) in [6, 6.07) is 16.0. The van der Waals surface area contributed by atoms with Crippen LogP contribution in [0.25, 0.3) is 10.9 Å². The van der Waals surface area contributed by atoms with Crippen molar-refractivity contribution < 1.29 is 19.1 Å². The number of rotatable bonds is 1. The van der Waals surface area contributed by atoms with Crippen molar-refractivity contribution in [3.63, 3.8) is 0 Å². The number of oxime groups is 1. The number of carbonyl (C=O) groups excluding carboxylic acids is 1. The van der Waals surface area contributed by atoms with Gasteiger partial charge in [-0.2, -0.15) is 0 Å². The van der Waals surface area contributed by atoms with Crippen LogP contribution in [0.5, 0.6) is 5.75 Å². The van der Waals surface area contributed by atoms with E-state index in [4.69, 9.17) is 14.3 Å². The number of hydrogen-bond donors (Lipinski definition) is 0. The molecular weight excluding hydrogens is 392 g/mol. The van der Waals surface area contributed by atoms with Crippen LogP contribution < -0.4 is 4.74 Å². The van der Waals surface area contributed by atoms with E-state index in [9.17, 15) is 4.79 Å². The third kappa shape index (κ3) is 3.26. The molecule has 2 aliphatic heterocycles. The molecule has 3 heterocycles. The minimum Gasteiger partial charge on any atom is -0.492 e. The summed E-state index contributed by atoms with van der Waals surface area (Å²) >= 11 is 0. The minimum atomic E-state index is -0.591. The summed E-state index contributed by atoms with van der Waals surface area (Å²) in [4.78, 5) is 18.7. The van der Waals surface area contributed by atoms with Crippen molar-refractivity contribution in [3.8, 4) is 5.75 Å². The van der Waals surface area contributed by atoms with Crippen molar-refractivity contribution in [2.45, 2.75) is 39.2 Å². The number of fused-ring (bicyclic) bond motifs is 3. The molecule has 0 spiro atoms. The van der Waals surface area contributed by atoms with Gasteiger partial charge in [-0.25, -0.2) is 9.36 Å². The van der Waals surface area contributed by atoms with Crippen LogP contribution in [0.2, 0.25) is 0 Å². The first kappa shape index (κ1) is 19.7. The Labute approximate surface area is 181 Å². The van der Waals surface area contributed by atoms with E-state index in [1.165, 1.54) is 0 Å². The largest absolute Gasteiger partial charge is 0.492 e. The van der Waals surface area contributed by atoms with Gasteiger partial charge in [0.05, 0.1) is 29.7 Å². The van der Waals surface area contributed by atoms with Gasteiger partial charge >= 0.3 is 6.09 Å². The Hall–Kier alpha value is -3.28. The molecule has 0 fully saturated rings. The highest BCUT2D eigenvalue weighted by Crippen LogP contribution is 2.44. The van der Waals surface area contributed by atoms with Crippen LogP contribution in [0.4, 0.5) is 4.79 Å². The lowest BCUT2D eigenvalue weighted by molar-refractivity contribution is 0.0541. The van der Waals surface area contributed by atoms with E-state index in [1.54, 1.807) is 4.57 Å². The lowest BCUT2D eigenvalue weighted by Crippen LogP contribution is -2.28. The van der Waals surface area contributed by atoms with Crippen LogP contribution in [0, 0.1) is 12.8 Å². The number of benzene rings is 2. The third-order valence-electron chi connectivity index (χ3n) is 5.85. The molecule has 1 aromatic heterocycles. The van der Waals surface area contributed by atoms with Gasteiger partial charge in [0.1, 0.15) is 18.0 Å². The lowest BCUT2D eigenvalue weighted by Gasteiger charge is -2.21. The summed E-state index contributed by atoms with van der Waals surface area (Å²) in [5, 5.41) is 5.45. The molecule has 6 nitrogen and oxygen atoms in total. The fourth-order valence-electron chi connectivity index (χ4n) is 4.59. The number of carbonyl (C=O) groups is 1. The molecule has 3 aromatic rings. The minimum absolute atomic E-state index is 0.0699. The van der Waals surface area contributed by atoms with Gasteiger partial charge in [-0.3, -0.25) is 0 Å². The van der Waals surface area contributed by atoms with E-state index in [1.807, 2.05) is 64.1 Å². The van der Waals surface area contributed by atoms with Gasteiger partial charge in [0, 0.05) is 16.6 Å². The van der Waals surface area contributed by atoms with Gasteiger partial charge in [-0.15, -0.1) is 0 Å². The molecule has 31 heavy (non-hydrogen) atoms. The molecule has 0 saturated carbocycles. The number of hydrogen-bond acceptors (Lipinski definition) is 5. The first-order valence-electron chi connectivity index (χ1n) is 10.6. The highest BCUT2D eigenvalue weighted by atomic mass is 16.6. The fraction of sp³-hybridized carbons (Fsp3) is 0.360. The molecule has 160 valence electrons. The average Bonchev–Trinajstić information content (AvgIpc) is 3.25. The van der Waals surface area contributed by atoms with Gasteiger partial charge in [0.2, 0.25) is 0 Å². The Balaban J connectivity index is 1.77. The molecule has 0 saturated heterocycles. The smallest absolute Gasteiger partial charge is 0.419 e. The molecule has 2 aromatic carbocycles. The van der Waals surface area contributed by atoms with E-state index >= 15 is 0 Å². The van der Waals surface area contributed by atoms with Crippen molar-refractivity contribution in [1.29, 1.82) is 0 Å². The van der Waals surface area contributed by atoms with Crippen LogP contribution in [0.15, 0.2) is 53.7 Å². The molecule has 5 rings (SSSR count). The van der Waals surface area contributed by atoms with Gasteiger partial charge in [0.15, 0.2) is 0 Å². The van der Waals surface area contributed by atoms with Crippen molar-refractivity contribution >= 4 is 22.7 Å². The first-order chi connectivity index (χ1) is 14.8. The van der Waals surface area contributed by atoms with Gasteiger partial charge in [-0.05, 0) is 45.4 Å². The van der Waals surface area contributed by atoms with E-state index in [0.717, 1.165) is 39.2 Å². The third-order valence-corrected chi connectivity index (χ3v) is 5.85. The topological polar surface area (TPSA) is 62.0 Å². The second-order valence-electron chi connectivity index (χ2n) is 9.12. The van der Waals surface area contributed by atoms with Crippen molar-refractivity contribution in [2.75, 3.05) is 13.2 Å². The van der Waals surface area contributed by atoms with Crippen LogP contribution >= 0.6 is 0 Å². The molecule has 6 heteroatoms. The summed E-state index contributed by atoms with van der Waals surface area (Å²) in [5.74, 6) is 0.748. The van der Waals surface area contributed by atoms with E-state index < -0.39 is 5.60 Å². The SMILES string of the molecule is Cc1c([C@@H]2C3=NOC[C@H]3COc3ccccc32)c2ccccc2n1C(=O)OC(C)(C)C. The molecule has 0 bridgehead atoms. The van der Waals surface area contributed by atoms with Gasteiger partial charge in [-0.1, -0.05) is 41.6 Å². The fourth-order valence-corrected chi connectivity index (χ4v) is 4.59. The number of aromatic nitrogens is 1. The van der Waals surface area contributed by atoms with Crippen molar-refractivity contribution in [2.24, 2.45) is 11.1 Å². The predicted molar refractivity (Wildman–Crippen MR) is 119 cm³/mol. The van der Waals surface area contributed by atoms with Crippen LogP contribution in [-0.2, 0) is 9.57 Å². The maximum atomic E-state index is 13.2. The van der Waals surface area contributed by atoms with Gasteiger partial charge < -0.3 is 14.3 Å². The van der Waals surface area contributed by atoms with Crippen LogP contribution in [-0.4, -0.2) is 35.2 Å².